The zero-order valence-corrected chi connectivity index (χ0v) is 35.6. The zero-order valence-electron chi connectivity index (χ0n) is 29.8. The van der Waals surface area contributed by atoms with Crippen LogP contribution in [0.4, 0.5) is 0 Å². The van der Waals surface area contributed by atoms with E-state index in [1.54, 1.807) is 0 Å². The van der Waals surface area contributed by atoms with Gasteiger partial charge in [-0.25, -0.2) is 0 Å². The molecule has 0 spiro atoms. The Morgan fingerprint density at radius 2 is 0.619 bits per heavy atom. The van der Waals surface area contributed by atoms with Crippen LogP contribution in [0.25, 0.3) is 0 Å². The molecule has 4 nitrogen and oxygen atoms in total. The van der Waals surface area contributed by atoms with Gasteiger partial charge in [0, 0.05) is 0 Å². The summed E-state index contributed by atoms with van der Waals surface area (Å²) in [5, 5.41) is 0. The van der Waals surface area contributed by atoms with Crippen molar-refractivity contribution in [2.75, 3.05) is 19.8 Å². The normalized spacial score (nSPS) is 12.4. The van der Waals surface area contributed by atoms with E-state index in [0.29, 0.717) is 0 Å². The predicted octanol–water partition coefficient (Wildman–Crippen LogP) is 12.9. The molecular formula is C36H78O4Sn2. The van der Waals surface area contributed by atoms with E-state index in [4.69, 9.17) is 10.6 Å². The number of rotatable bonds is 35. The SMILES string of the molecule is CCCCCCC[CH2][Sn]([CH2]CCCCCCC)([O]CCCC)[O][Sn]([CH2]CCCCCCC)([O]CCCC)[O]CCCC. The van der Waals surface area contributed by atoms with Crippen LogP contribution >= 0.6 is 0 Å². The van der Waals surface area contributed by atoms with Crippen LogP contribution in [0.1, 0.15) is 196 Å². The Bertz CT molecular complexity index is 509. The molecule has 0 fully saturated rings. The van der Waals surface area contributed by atoms with Crippen molar-refractivity contribution in [1.29, 1.82) is 0 Å². The van der Waals surface area contributed by atoms with E-state index in [2.05, 4.69) is 41.5 Å². The van der Waals surface area contributed by atoms with E-state index in [1.807, 2.05) is 0 Å². The Kier molecular flexibility index (Phi) is 33.5. The van der Waals surface area contributed by atoms with E-state index in [9.17, 15) is 0 Å². The minimum absolute atomic E-state index is 0.805. The van der Waals surface area contributed by atoms with Crippen LogP contribution in [0, 0.1) is 0 Å². The molecule has 42 heavy (non-hydrogen) atoms. The second-order valence-corrected chi connectivity index (χ2v) is 33.2. The van der Waals surface area contributed by atoms with Gasteiger partial charge in [0.15, 0.2) is 0 Å². The van der Waals surface area contributed by atoms with Crippen LogP contribution in [-0.2, 0) is 10.6 Å². The number of unbranched alkanes of at least 4 members (excludes halogenated alkanes) is 18. The molecule has 0 saturated carbocycles. The number of hydrogen-bond acceptors (Lipinski definition) is 4. The van der Waals surface area contributed by atoms with Gasteiger partial charge in [-0.1, -0.05) is 0 Å². The van der Waals surface area contributed by atoms with Gasteiger partial charge in [-0.15, -0.1) is 0 Å². The Morgan fingerprint density at radius 3 is 1.00 bits per heavy atom. The summed E-state index contributed by atoms with van der Waals surface area (Å²) in [7, 11) is 0. The molecule has 0 radical (unpaired) electrons. The first-order valence-electron chi connectivity index (χ1n) is 19.2. The van der Waals surface area contributed by atoms with Crippen LogP contribution in [0.15, 0.2) is 0 Å². The molecule has 0 aliphatic heterocycles. The average molecular weight is 812 g/mol. The second kappa shape index (κ2) is 32.4. The fraction of sp³-hybridized carbons (Fsp3) is 1.00. The molecule has 0 atom stereocenters. The Hall–Kier alpha value is 1.44. The number of hydrogen-bond donors (Lipinski definition) is 0. The Balaban J connectivity index is 6.00. The molecule has 254 valence electrons. The van der Waals surface area contributed by atoms with Crippen LogP contribution in [0.2, 0.25) is 13.3 Å². The monoisotopic (exact) mass is 814 g/mol. The summed E-state index contributed by atoms with van der Waals surface area (Å²) >= 11 is -7.26. The van der Waals surface area contributed by atoms with Crippen LogP contribution in [-0.4, -0.2) is 58.6 Å². The molecule has 0 bridgehead atoms. The van der Waals surface area contributed by atoms with Gasteiger partial charge < -0.3 is 0 Å². The molecule has 0 rings (SSSR count). The van der Waals surface area contributed by atoms with Crippen molar-refractivity contribution in [2.24, 2.45) is 0 Å². The fourth-order valence-electron chi connectivity index (χ4n) is 5.60. The molecule has 0 aromatic rings. The zero-order chi connectivity index (χ0) is 31.0. The predicted molar refractivity (Wildman–Crippen MR) is 190 cm³/mol. The second-order valence-electron chi connectivity index (χ2n) is 12.9. The molecular weight excluding hydrogens is 734 g/mol. The first-order valence-corrected chi connectivity index (χ1v) is 31.1. The molecule has 0 aromatic heterocycles. The first-order chi connectivity index (χ1) is 20.6. The van der Waals surface area contributed by atoms with Gasteiger partial charge in [0.1, 0.15) is 0 Å². The summed E-state index contributed by atoms with van der Waals surface area (Å²) in [5.74, 6) is 0. The van der Waals surface area contributed by atoms with E-state index >= 15 is 0 Å². The third-order valence-electron chi connectivity index (χ3n) is 8.50. The van der Waals surface area contributed by atoms with E-state index in [1.165, 1.54) is 131 Å². The van der Waals surface area contributed by atoms with Gasteiger partial charge in [-0.05, 0) is 0 Å². The van der Waals surface area contributed by atoms with Gasteiger partial charge in [0.05, 0.1) is 0 Å². The maximum atomic E-state index is 7.70. The first kappa shape index (κ1) is 43.4. The summed E-state index contributed by atoms with van der Waals surface area (Å²) in [5.41, 5.74) is 0. The maximum absolute atomic E-state index is 7.70. The van der Waals surface area contributed by atoms with E-state index in [-0.39, 0.29) is 0 Å². The third-order valence-corrected chi connectivity index (χ3v) is 38.4. The Morgan fingerprint density at radius 1 is 0.310 bits per heavy atom. The van der Waals surface area contributed by atoms with Crippen LogP contribution < -0.4 is 0 Å². The van der Waals surface area contributed by atoms with Crippen molar-refractivity contribution in [1.82, 2.24) is 0 Å². The van der Waals surface area contributed by atoms with Crippen molar-refractivity contribution in [3.05, 3.63) is 0 Å². The molecule has 6 heteroatoms. The third kappa shape index (κ3) is 24.6. The summed E-state index contributed by atoms with van der Waals surface area (Å²) < 4.78 is 32.2. The average Bonchev–Trinajstić information content (AvgIpc) is 2.99. The van der Waals surface area contributed by atoms with Crippen molar-refractivity contribution in [3.63, 3.8) is 0 Å². The Labute approximate surface area is 276 Å². The summed E-state index contributed by atoms with van der Waals surface area (Å²) in [6.45, 7) is 16.2. The topological polar surface area (TPSA) is 36.9 Å². The van der Waals surface area contributed by atoms with Crippen molar-refractivity contribution >= 4 is 38.8 Å². The molecule has 0 unspecified atom stereocenters. The molecule has 0 saturated heterocycles. The van der Waals surface area contributed by atoms with E-state index < -0.39 is 38.8 Å². The van der Waals surface area contributed by atoms with Crippen molar-refractivity contribution in [3.8, 4) is 0 Å². The quantitative estimate of drug-likeness (QED) is 0.0472. The molecule has 0 N–H and O–H groups in total. The summed E-state index contributed by atoms with van der Waals surface area (Å²) in [6.07, 6.45) is 30.6. The fourth-order valence-corrected chi connectivity index (χ4v) is 41.8. The van der Waals surface area contributed by atoms with Gasteiger partial charge in [-0.2, -0.15) is 0 Å². The van der Waals surface area contributed by atoms with Gasteiger partial charge in [0.2, 0.25) is 0 Å². The summed E-state index contributed by atoms with van der Waals surface area (Å²) in [6, 6.07) is 0. The van der Waals surface area contributed by atoms with Crippen LogP contribution in [0.3, 0.4) is 0 Å². The van der Waals surface area contributed by atoms with E-state index in [0.717, 1.165) is 56.4 Å². The van der Waals surface area contributed by atoms with Crippen molar-refractivity contribution in [2.45, 2.75) is 209 Å². The molecule has 0 aromatic carbocycles. The summed E-state index contributed by atoms with van der Waals surface area (Å²) in [4.78, 5) is 0. The molecule has 0 heterocycles. The van der Waals surface area contributed by atoms with Gasteiger partial charge >= 0.3 is 278 Å². The molecule has 0 aliphatic rings. The molecule has 0 aliphatic carbocycles. The van der Waals surface area contributed by atoms with Gasteiger partial charge in [0.25, 0.3) is 0 Å². The molecule has 0 amide bonds. The minimum atomic E-state index is -3.81. The standard InChI is InChI=1S/3C8H17.3C4H9O.O.2Sn/c3*1-3-5-7-8-6-4-2;3*1-2-3-4-5;;;/h3*1,3-8H2,2H3;3*2-4H2,1H3;;;/q;;;3*-1;;+1;+2. The van der Waals surface area contributed by atoms with Crippen LogP contribution in [0.5, 0.6) is 0 Å². The van der Waals surface area contributed by atoms with Crippen molar-refractivity contribution < 1.29 is 10.6 Å². The van der Waals surface area contributed by atoms with Gasteiger partial charge in [-0.3, -0.25) is 0 Å².